The summed E-state index contributed by atoms with van der Waals surface area (Å²) in [5.41, 5.74) is 6.61. The van der Waals surface area contributed by atoms with Gasteiger partial charge in [0.1, 0.15) is 17.5 Å². The SMILES string of the molecule is COC(=O)c1c(C)nc(C2CN(C(C)C)CCO2)nc1N. The molecule has 7 nitrogen and oxygen atoms in total. The number of aryl methyl sites for hydroxylation is 1. The zero-order valence-electron chi connectivity index (χ0n) is 12.9. The predicted molar refractivity (Wildman–Crippen MR) is 77.9 cm³/mol. The van der Waals surface area contributed by atoms with Crippen LogP contribution in [0.4, 0.5) is 5.82 Å². The van der Waals surface area contributed by atoms with Gasteiger partial charge in [0.25, 0.3) is 0 Å². The summed E-state index contributed by atoms with van der Waals surface area (Å²) in [6, 6.07) is 0.434. The molecule has 2 heterocycles. The van der Waals surface area contributed by atoms with Crippen LogP contribution in [0.15, 0.2) is 0 Å². The summed E-state index contributed by atoms with van der Waals surface area (Å²) < 4.78 is 10.4. The lowest BCUT2D eigenvalue weighted by Crippen LogP contribution is -2.42. The number of nitrogens with zero attached hydrogens (tertiary/aromatic N) is 3. The van der Waals surface area contributed by atoms with Crippen LogP contribution in [0.25, 0.3) is 0 Å². The van der Waals surface area contributed by atoms with Crippen molar-refractivity contribution in [2.24, 2.45) is 0 Å². The molecule has 1 aliphatic heterocycles. The highest BCUT2D eigenvalue weighted by atomic mass is 16.5. The first-order chi connectivity index (χ1) is 9.93. The molecule has 2 rings (SSSR count). The van der Waals surface area contributed by atoms with E-state index in [1.165, 1.54) is 7.11 Å². The normalized spacial score (nSPS) is 19.8. The Morgan fingerprint density at radius 1 is 1.48 bits per heavy atom. The molecule has 0 aromatic carbocycles. The Morgan fingerprint density at radius 2 is 2.19 bits per heavy atom. The topological polar surface area (TPSA) is 90.6 Å². The van der Waals surface area contributed by atoms with Crippen molar-refractivity contribution in [1.29, 1.82) is 0 Å². The number of carbonyl (C=O) groups excluding carboxylic acids is 1. The van der Waals surface area contributed by atoms with Crippen molar-refractivity contribution in [3.05, 3.63) is 17.1 Å². The molecule has 7 heteroatoms. The number of nitrogens with two attached hydrogens (primary N) is 1. The van der Waals surface area contributed by atoms with Crippen molar-refractivity contribution in [2.75, 3.05) is 32.5 Å². The lowest BCUT2D eigenvalue weighted by atomic mass is 10.2. The van der Waals surface area contributed by atoms with Gasteiger partial charge in [0.05, 0.1) is 19.4 Å². The molecule has 1 atom stereocenters. The molecule has 0 saturated carbocycles. The fourth-order valence-electron chi connectivity index (χ4n) is 2.41. The number of carbonyl (C=O) groups is 1. The van der Waals surface area contributed by atoms with Gasteiger partial charge >= 0.3 is 5.97 Å². The molecule has 0 spiro atoms. The zero-order chi connectivity index (χ0) is 15.6. The number of rotatable bonds is 3. The molecule has 0 amide bonds. The number of anilines is 1. The summed E-state index contributed by atoms with van der Waals surface area (Å²) in [7, 11) is 1.31. The van der Waals surface area contributed by atoms with E-state index >= 15 is 0 Å². The molecule has 1 aliphatic rings. The van der Waals surface area contributed by atoms with Crippen molar-refractivity contribution in [3.63, 3.8) is 0 Å². The summed E-state index contributed by atoms with van der Waals surface area (Å²) in [6.07, 6.45) is -0.228. The molecule has 21 heavy (non-hydrogen) atoms. The number of esters is 1. The Morgan fingerprint density at radius 3 is 2.76 bits per heavy atom. The van der Waals surface area contributed by atoms with Crippen molar-refractivity contribution in [3.8, 4) is 0 Å². The molecule has 1 unspecified atom stereocenters. The average molecular weight is 294 g/mol. The van der Waals surface area contributed by atoms with Crippen LogP contribution in [0.3, 0.4) is 0 Å². The lowest BCUT2D eigenvalue weighted by molar-refractivity contribution is -0.0443. The summed E-state index contributed by atoms with van der Waals surface area (Å²) in [4.78, 5) is 22.6. The first-order valence-corrected chi connectivity index (χ1v) is 7.02. The standard InChI is InChI=1S/C14H22N4O3/c1-8(2)18-5-6-21-10(7-18)13-16-9(3)11(12(15)17-13)14(19)20-4/h8,10H,5-7H2,1-4H3,(H2,15,16,17). The second-order valence-corrected chi connectivity index (χ2v) is 5.37. The van der Waals surface area contributed by atoms with Gasteiger partial charge < -0.3 is 15.2 Å². The van der Waals surface area contributed by atoms with Gasteiger partial charge in [-0.2, -0.15) is 0 Å². The summed E-state index contributed by atoms with van der Waals surface area (Å²) in [5, 5.41) is 0. The minimum atomic E-state index is -0.523. The maximum Gasteiger partial charge on any atom is 0.343 e. The first-order valence-electron chi connectivity index (χ1n) is 7.02. The van der Waals surface area contributed by atoms with Gasteiger partial charge in [-0.25, -0.2) is 14.8 Å². The Labute approximate surface area is 124 Å². The highest BCUT2D eigenvalue weighted by Crippen LogP contribution is 2.23. The Kier molecular flexibility index (Phi) is 4.74. The monoisotopic (exact) mass is 294 g/mol. The van der Waals surface area contributed by atoms with Crippen LogP contribution in [-0.2, 0) is 9.47 Å². The molecule has 1 aromatic heterocycles. The van der Waals surface area contributed by atoms with Gasteiger partial charge in [-0.1, -0.05) is 0 Å². The van der Waals surface area contributed by atoms with Crippen LogP contribution in [-0.4, -0.2) is 53.7 Å². The van der Waals surface area contributed by atoms with Crippen LogP contribution < -0.4 is 5.73 Å². The van der Waals surface area contributed by atoms with E-state index in [0.717, 1.165) is 6.54 Å². The highest BCUT2D eigenvalue weighted by molar-refractivity contribution is 5.95. The second kappa shape index (κ2) is 6.36. The maximum atomic E-state index is 11.7. The van der Waals surface area contributed by atoms with Crippen LogP contribution >= 0.6 is 0 Å². The number of ether oxygens (including phenoxy) is 2. The number of methoxy groups -OCH3 is 1. The predicted octanol–water partition coefficient (Wildman–Crippen LogP) is 0.936. The number of hydrogen-bond donors (Lipinski definition) is 1. The Hall–Kier alpha value is -1.73. The van der Waals surface area contributed by atoms with Crippen molar-refractivity contribution >= 4 is 11.8 Å². The van der Waals surface area contributed by atoms with E-state index in [9.17, 15) is 4.79 Å². The molecule has 0 bridgehead atoms. The third kappa shape index (κ3) is 3.30. The van der Waals surface area contributed by atoms with Crippen molar-refractivity contribution in [2.45, 2.75) is 32.9 Å². The van der Waals surface area contributed by atoms with E-state index in [1.807, 2.05) is 0 Å². The molecular weight excluding hydrogens is 272 g/mol. The van der Waals surface area contributed by atoms with Gasteiger partial charge in [0.15, 0.2) is 5.82 Å². The molecule has 0 radical (unpaired) electrons. The number of morpholine rings is 1. The largest absolute Gasteiger partial charge is 0.465 e. The van der Waals surface area contributed by atoms with Gasteiger partial charge in [0, 0.05) is 19.1 Å². The Balaban J connectivity index is 2.27. The van der Waals surface area contributed by atoms with Gasteiger partial charge in [-0.3, -0.25) is 4.90 Å². The second-order valence-electron chi connectivity index (χ2n) is 5.37. The van der Waals surface area contributed by atoms with Crippen molar-refractivity contribution in [1.82, 2.24) is 14.9 Å². The maximum absolute atomic E-state index is 11.7. The minimum absolute atomic E-state index is 0.134. The van der Waals surface area contributed by atoms with E-state index in [0.29, 0.717) is 30.7 Å². The van der Waals surface area contributed by atoms with Crippen molar-refractivity contribution < 1.29 is 14.3 Å². The highest BCUT2D eigenvalue weighted by Gasteiger charge is 2.27. The van der Waals surface area contributed by atoms with E-state index in [-0.39, 0.29) is 17.5 Å². The minimum Gasteiger partial charge on any atom is -0.465 e. The van der Waals surface area contributed by atoms with Gasteiger partial charge in [-0.05, 0) is 20.8 Å². The molecular formula is C14H22N4O3. The van der Waals surface area contributed by atoms with Gasteiger partial charge in [0.2, 0.25) is 0 Å². The van der Waals surface area contributed by atoms with Crippen LogP contribution in [0.2, 0.25) is 0 Å². The summed E-state index contributed by atoms with van der Waals surface area (Å²) >= 11 is 0. The molecule has 0 aliphatic carbocycles. The fraction of sp³-hybridized carbons (Fsp3) is 0.643. The molecule has 1 saturated heterocycles. The average Bonchev–Trinajstić information content (AvgIpc) is 2.46. The molecule has 1 aromatic rings. The van der Waals surface area contributed by atoms with E-state index in [2.05, 4.69) is 28.7 Å². The summed E-state index contributed by atoms with van der Waals surface area (Å²) in [5.74, 6) is 0.127. The van der Waals surface area contributed by atoms with Crippen LogP contribution in [0.5, 0.6) is 0 Å². The zero-order valence-corrected chi connectivity index (χ0v) is 12.9. The van der Waals surface area contributed by atoms with Crippen LogP contribution in [0, 0.1) is 6.92 Å². The first kappa shape index (κ1) is 15.7. The molecule has 116 valence electrons. The van der Waals surface area contributed by atoms with E-state index in [1.54, 1.807) is 6.92 Å². The molecule has 2 N–H and O–H groups in total. The van der Waals surface area contributed by atoms with E-state index < -0.39 is 5.97 Å². The third-order valence-electron chi connectivity index (χ3n) is 3.64. The smallest absolute Gasteiger partial charge is 0.343 e. The number of hydrogen-bond acceptors (Lipinski definition) is 7. The van der Waals surface area contributed by atoms with E-state index in [4.69, 9.17) is 15.2 Å². The summed E-state index contributed by atoms with van der Waals surface area (Å²) in [6.45, 7) is 8.24. The molecule has 1 fully saturated rings. The Bertz CT molecular complexity index is 510. The number of nitrogen functional groups attached to an aromatic ring is 1. The lowest BCUT2D eigenvalue weighted by Gasteiger charge is -2.34. The fourth-order valence-corrected chi connectivity index (χ4v) is 2.41. The van der Waals surface area contributed by atoms with Gasteiger partial charge in [-0.15, -0.1) is 0 Å². The third-order valence-corrected chi connectivity index (χ3v) is 3.64. The quantitative estimate of drug-likeness (QED) is 0.829. The van der Waals surface area contributed by atoms with Crippen LogP contribution in [0.1, 0.15) is 41.8 Å². The number of aromatic nitrogens is 2.